The van der Waals surface area contributed by atoms with Crippen LogP contribution in [0.15, 0.2) is 54.6 Å². The van der Waals surface area contributed by atoms with Crippen molar-refractivity contribution in [2.45, 2.75) is 39.0 Å². The van der Waals surface area contributed by atoms with Crippen molar-refractivity contribution in [1.82, 2.24) is 0 Å². The van der Waals surface area contributed by atoms with Crippen LogP contribution in [0.5, 0.6) is 0 Å². The van der Waals surface area contributed by atoms with Gasteiger partial charge in [-0.1, -0.05) is 36.8 Å². The molecule has 0 aliphatic heterocycles. The highest BCUT2D eigenvalue weighted by molar-refractivity contribution is 7.17. The lowest BCUT2D eigenvalue weighted by Gasteiger charge is -2.11. The number of fused-ring (bicyclic) bond motifs is 1. The van der Waals surface area contributed by atoms with Crippen molar-refractivity contribution in [2.75, 3.05) is 10.6 Å². The number of carbonyl (C=O) groups is 2. The Bertz CT molecular complexity index is 1040. The Labute approximate surface area is 175 Å². The summed E-state index contributed by atoms with van der Waals surface area (Å²) in [4.78, 5) is 27.2. The number of nitrogens with one attached hydrogen (secondary N) is 2. The molecule has 1 aliphatic carbocycles. The van der Waals surface area contributed by atoms with Gasteiger partial charge in [0.2, 0.25) is 0 Å². The van der Waals surface area contributed by atoms with Crippen molar-refractivity contribution in [2.24, 2.45) is 0 Å². The molecule has 1 aliphatic rings. The number of carbonyl (C=O) groups excluding carboxylic acids is 2. The fraction of sp³-hybridized carbons (Fsp3) is 0.250. The van der Waals surface area contributed by atoms with E-state index in [0.29, 0.717) is 16.1 Å². The largest absolute Gasteiger partial charge is 0.322 e. The van der Waals surface area contributed by atoms with Crippen LogP contribution in [0.2, 0.25) is 0 Å². The zero-order chi connectivity index (χ0) is 20.2. The molecule has 4 nitrogen and oxygen atoms in total. The summed E-state index contributed by atoms with van der Waals surface area (Å²) in [5.74, 6) is -0.343. The highest BCUT2D eigenvalue weighted by Gasteiger charge is 2.26. The van der Waals surface area contributed by atoms with Crippen molar-refractivity contribution < 1.29 is 9.59 Å². The number of hydrogen-bond donors (Lipinski definition) is 2. The molecule has 0 bridgehead atoms. The van der Waals surface area contributed by atoms with E-state index in [0.717, 1.165) is 42.5 Å². The molecule has 0 fully saturated rings. The molecule has 29 heavy (non-hydrogen) atoms. The molecule has 2 N–H and O–H groups in total. The summed E-state index contributed by atoms with van der Waals surface area (Å²) in [7, 11) is 0. The van der Waals surface area contributed by atoms with Crippen molar-refractivity contribution >= 4 is 33.8 Å². The predicted molar refractivity (Wildman–Crippen MR) is 119 cm³/mol. The van der Waals surface area contributed by atoms with Gasteiger partial charge >= 0.3 is 0 Å². The quantitative estimate of drug-likeness (QED) is 0.538. The Kier molecular flexibility index (Phi) is 5.76. The first-order valence-corrected chi connectivity index (χ1v) is 10.8. The van der Waals surface area contributed by atoms with E-state index in [9.17, 15) is 9.59 Å². The van der Waals surface area contributed by atoms with Gasteiger partial charge < -0.3 is 10.6 Å². The van der Waals surface area contributed by atoms with Crippen molar-refractivity contribution in [1.29, 1.82) is 0 Å². The number of thiophene rings is 1. The van der Waals surface area contributed by atoms with Crippen LogP contribution in [0.3, 0.4) is 0 Å². The molecule has 2 aromatic carbocycles. The van der Waals surface area contributed by atoms with E-state index in [4.69, 9.17) is 0 Å². The van der Waals surface area contributed by atoms with Crippen LogP contribution >= 0.6 is 11.3 Å². The van der Waals surface area contributed by atoms with E-state index in [1.54, 1.807) is 23.5 Å². The molecule has 0 atom stereocenters. The van der Waals surface area contributed by atoms with E-state index in [-0.39, 0.29) is 11.8 Å². The molecule has 2 amide bonds. The number of anilines is 2. The first-order chi connectivity index (χ1) is 14.1. The Morgan fingerprint density at radius 1 is 0.862 bits per heavy atom. The van der Waals surface area contributed by atoms with Gasteiger partial charge in [-0.25, -0.2) is 0 Å². The second-order valence-corrected chi connectivity index (χ2v) is 8.52. The third kappa shape index (κ3) is 4.40. The molecule has 1 aromatic heterocycles. The highest BCUT2D eigenvalue weighted by Crippen LogP contribution is 2.38. The van der Waals surface area contributed by atoms with Gasteiger partial charge in [0.15, 0.2) is 0 Å². The minimum Gasteiger partial charge on any atom is -0.322 e. The van der Waals surface area contributed by atoms with E-state index in [1.807, 2.05) is 49.4 Å². The number of benzene rings is 2. The molecule has 148 valence electrons. The van der Waals surface area contributed by atoms with Gasteiger partial charge in [-0.05, 0) is 68.0 Å². The molecule has 3 aromatic rings. The van der Waals surface area contributed by atoms with Crippen LogP contribution in [0.1, 0.15) is 56.0 Å². The van der Waals surface area contributed by atoms with Crippen LogP contribution in [0, 0.1) is 6.92 Å². The molecule has 5 heteroatoms. The molecule has 0 saturated carbocycles. The molecule has 0 radical (unpaired) electrons. The zero-order valence-corrected chi connectivity index (χ0v) is 17.3. The summed E-state index contributed by atoms with van der Waals surface area (Å²) in [6.45, 7) is 2.00. The molecular formula is C24H24N2O2S. The summed E-state index contributed by atoms with van der Waals surface area (Å²) in [6, 6.07) is 16.9. The molecule has 0 spiro atoms. The van der Waals surface area contributed by atoms with Crippen molar-refractivity contribution in [3.63, 3.8) is 0 Å². The minimum atomic E-state index is -0.188. The topological polar surface area (TPSA) is 58.2 Å². The second-order valence-electron chi connectivity index (χ2n) is 7.41. The van der Waals surface area contributed by atoms with Gasteiger partial charge in [0.1, 0.15) is 5.00 Å². The number of amides is 2. The maximum atomic E-state index is 13.3. The lowest BCUT2D eigenvalue weighted by molar-refractivity contribution is 0.102. The van der Waals surface area contributed by atoms with E-state index < -0.39 is 0 Å². The Morgan fingerprint density at radius 2 is 1.66 bits per heavy atom. The van der Waals surface area contributed by atoms with Gasteiger partial charge in [-0.15, -0.1) is 11.3 Å². The number of aryl methyl sites for hydroxylation is 2. The molecule has 1 heterocycles. The lowest BCUT2D eigenvalue weighted by Crippen LogP contribution is -2.18. The van der Waals surface area contributed by atoms with Crippen LogP contribution in [-0.2, 0) is 12.8 Å². The van der Waals surface area contributed by atoms with E-state index in [2.05, 4.69) is 10.6 Å². The van der Waals surface area contributed by atoms with Gasteiger partial charge in [0.25, 0.3) is 11.8 Å². The third-order valence-electron chi connectivity index (χ3n) is 5.19. The molecule has 0 unspecified atom stereocenters. The summed E-state index contributed by atoms with van der Waals surface area (Å²) in [6.07, 6.45) is 5.21. The number of hydrogen-bond acceptors (Lipinski definition) is 3. The first-order valence-electron chi connectivity index (χ1n) is 10.0. The molecule has 4 rings (SSSR count). The van der Waals surface area contributed by atoms with Gasteiger partial charge in [-0.2, -0.15) is 0 Å². The summed E-state index contributed by atoms with van der Waals surface area (Å²) in [5, 5.41) is 6.68. The minimum absolute atomic E-state index is 0.154. The standard InChI is InChI=1S/C24H24N2O2S/c1-16-9-8-12-18(15-16)25-23(28)21-19-13-6-3-7-14-20(19)29-24(21)26-22(27)17-10-4-2-5-11-17/h2,4-5,8-12,15H,3,6-7,13-14H2,1H3,(H,25,28)(H,26,27). The van der Waals surface area contributed by atoms with Crippen molar-refractivity contribution in [3.05, 3.63) is 81.7 Å². The maximum Gasteiger partial charge on any atom is 0.258 e. The first kappa shape index (κ1) is 19.4. The average molecular weight is 405 g/mol. The van der Waals surface area contributed by atoms with Crippen LogP contribution in [-0.4, -0.2) is 11.8 Å². The van der Waals surface area contributed by atoms with Crippen LogP contribution in [0.4, 0.5) is 10.7 Å². The Balaban J connectivity index is 1.67. The SMILES string of the molecule is Cc1cccc(NC(=O)c2c(NC(=O)c3ccccc3)sc3c2CCCCC3)c1. The normalized spacial score (nSPS) is 13.3. The zero-order valence-electron chi connectivity index (χ0n) is 16.5. The van der Waals surface area contributed by atoms with Crippen LogP contribution in [0.25, 0.3) is 0 Å². The number of rotatable bonds is 4. The third-order valence-corrected chi connectivity index (χ3v) is 6.39. The van der Waals surface area contributed by atoms with Gasteiger partial charge in [0, 0.05) is 16.1 Å². The predicted octanol–water partition coefficient (Wildman–Crippen LogP) is 5.83. The summed E-state index contributed by atoms with van der Waals surface area (Å²) >= 11 is 1.55. The maximum absolute atomic E-state index is 13.3. The second kappa shape index (κ2) is 8.62. The van der Waals surface area contributed by atoms with Gasteiger partial charge in [-0.3, -0.25) is 9.59 Å². The van der Waals surface area contributed by atoms with Crippen molar-refractivity contribution in [3.8, 4) is 0 Å². The summed E-state index contributed by atoms with van der Waals surface area (Å²) in [5.41, 5.74) is 4.16. The van der Waals surface area contributed by atoms with E-state index in [1.165, 1.54) is 11.3 Å². The lowest BCUT2D eigenvalue weighted by atomic mass is 10.0. The fourth-order valence-corrected chi connectivity index (χ4v) is 5.03. The van der Waals surface area contributed by atoms with Crippen LogP contribution < -0.4 is 10.6 Å². The Hall–Kier alpha value is -2.92. The average Bonchev–Trinajstić information content (AvgIpc) is 2.89. The Morgan fingerprint density at radius 3 is 2.45 bits per heavy atom. The van der Waals surface area contributed by atoms with Gasteiger partial charge in [0.05, 0.1) is 5.56 Å². The summed E-state index contributed by atoms with van der Waals surface area (Å²) < 4.78 is 0. The highest BCUT2D eigenvalue weighted by atomic mass is 32.1. The smallest absolute Gasteiger partial charge is 0.258 e. The van der Waals surface area contributed by atoms with E-state index >= 15 is 0 Å². The molecule has 0 saturated heterocycles. The monoisotopic (exact) mass is 404 g/mol. The fourth-order valence-electron chi connectivity index (χ4n) is 3.75. The molecular weight excluding hydrogens is 380 g/mol.